The number of esters is 3. The fraction of sp³-hybridized carbons (Fsp3) is 0.476. The Morgan fingerprint density at radius 1 is 1.00 bits per heavy atom. The number of aliphatic hydroxyl groups excluding tert-OH is 1. The Labute approximate surface area is 180 Å². The van der Waals surface area contributed by atoms with E-state index in [2.05, 4.69) is 16.4 Å². The minimum Gasteiger partial charge on any atom is -0.463 e. The van der Waals surface area contributed by atoms with E-state index in [1.165, 1.54) is 13.8 Å². The van der Waals surface area contributed by atoms with E-state index < -0.39 is 42.8 Å². The number of nitrogens with zero attached hydrogens (tertiary/aromatic N) is 3. The van der Waals surface area contributed by atoms with Crippen LogP contribution in [0.1, 0.15) is 49.3 Å². The molecular weight excluding hydrogens is 406 g/mol. The van der Waals surface area contributed by atoms with Gasteiger partial charge in [-0.25, -0.2) is 4.68 Å². The van der Waals surface area contributed by atoms with Crippen LogP contribution in [0.4, 0.5) is 0 Å². The molecule has 0 aliphatic heterocycles. The Morgan fingerprint density at radius 3 is 2.16 bits per heavy atom. The van der Waals surface area contributed by atoms with Gasteiger partial charge in [0.2, 0.25) is 0 Å². The maximum Gasteiger partial charge on any atom is 0.303 e. The highest BCUT2D eigenvalue weighted by molar-refractivity contribution is 5.67. The second-order valence-electron chi connectivity index (χ2n) is 7.31. The van der Waals surface area contributed by atoms with E-state index in [4.69, 9.17) is 14.2 Å². The number of ether oxygens (including phenoxy) is 3. The number of aromatic nitrogens is 3. The van der Waals surface area contributed by atoms with Crippen LogP contribution >= 0.6 is 0 Å². The van der Waals surface area contributed by atoms with Crippen LogP contribution < -0.4 is 0 Å². The Bertz CT molecular complexity index is 921. The van der Waals surface area contributed by atoms with Gasteiger partial charge in [0.25, 0.3) is 0 Å². The summed E-state index contributed by atoms with van der Waals surface area (Å²) >= 11 is 0. The third-order valence-electron chi connectivity index (χ3n) is 4.20. The molecule has 2 aromatic rings. The van der Waals surface area contributed by atoms with Crippen molar-refractivity contribution in [1.82, 2.24) is 15.0 Å². The number of carbonyl (C=O) groups excluding carboxylic acids is 3. The van der Waals surface area contributed by atoms with Crippen LogP contribution in [0.2, 0.25) is 0 Å². The Kier molecular flexibility index (Phi) is 8.26. The lowest BCUT2D eigenvalue weighted by molar-refractivity contribution is -0.181. The summed E-state index contributed by atoms with van der Waals surface area (Å²) in [4.78, 5) is 34.4. The summed E-state index contributed by atoms with van der Waals surface area (Å²) in [7, 11) is 0. The SMILES string of the molecule is CC(=O)OC[C@@H](O)[C@@H](OC(C)=O)[C@H](OC(C)=O)c1cn(Cc2cc(C)cc(C)c2)nn1. The van der Waals surface area contributed by atoms with Crippen molar-refractivity contribution >= 4 is 17.9 Å². The van der Waals surface area contributed by atoms with E-state index >= 15 is 0 Å². The molecule has 3 atom stereocenters. The van der Waals surface area contributed by atoms with Crippen LogP contribution in [-0.2, 0) is 35.1 Å². The predicted octanol–water partition coefficient (Wildman–Crippen LogP) is 1.40. The smallest absolute Gasteiger partial charge is 0.303 e. The normalized spacial score (nSPS) is 13.7. The van der Waals surface area contributed by atoms with Gasteiger partial charge in [0.05, 0.1) is 12.7 Å². The fourth-order valence-corrected chi connectivity index (χ4v) is 3.17. The molecule has 0 fully saturated rings. The quantitative estimate of drug-likeness (QED) is 0.461. The number of hydrogen-bond donors (Lipinski definition) is 1. The molecule has 0 radical (unpaired) electrons. The van der Waals surface area contributed by atoms with E-state index in [0.29, 0.717) is 6.54 Å². The first-order chi connectivity index (χ1) is 14.5. The van der Waals surface area contributed by atoms with Crippen LogP contribution in [0.5, 0.6) is 0 Å². The number of rotatable bonds is 9. The van der Waals surface area contributed by atoms with Gasteiger partial charge in [-0.1, -0.05) is 34.5 Å². The van der Waals surface area contributed by atoms with E-state index in [1.807, 2.05) is 26.0 Å². The zero-order chi connectivity index (χ0) is 23.1. The van der Waals surface area contributed by atoms with Gasteiger partial charge in [0.1, 0.15) is 18.4 Å². The maximum atomic E-state index is 11.7. The standard InChI is InChI=1S/C21H27N3O7/c1-12-6-13(2)8-17(7-12)9-24-10-18(22-23-24)20(30-15(4)26)21(31-16(5)27)19(28)11-29-14(3)25/h6-8,10,19-21,28H,9,11H2,1-5H3/t19-,20-,21-/m1/s1. The molecule has 0 saturated heterocycles. The van der Waals surface area contributed by atoms with Crippen molar-refractivity contribution in [1.29, 1.82) is 0 Å². The average molecular weight is 433 g/mol. The summed E-state index contributed by atoms with van der Waals surface area (Å²) in [6.45, 7) is 7.44. The van der Waals surface area contributed by atoms with Crippen molar-refractivity contribution < 1.29 is 33.7 Å². The lowest BCUT2D eigenvalue weighted by atomic mass is 10.1. The Hall–Kier alpha value is -3.27. The number of aryl methyl sites for hydroxylation is 2. The van der Waals surface area contributed by atoms with Crippen LogP contribution in [0.3, 0.4) is 0 Å². The predicted molar refractivity (Wildman–Crippen MR) is 108 cm³/mol. The molecule has 0 saturated carbocycles. The first-order valence-electron chi connectivity index (χ1n) is 9.68. The molecule has 0 spiro atoms. The molecule has 0 aliphatic rings. The second-order valence-corrected chi connectivity index (χ2v) is 7.31. The molecule has 10 heteroatoms. The third kappa shape index (κ3) is 7.49. The zero-order valence-corrected chi connectivity index (χ0v) is 18.2. The molecule has 1 aromatic heterocycles. The summed E-state index contributed by atoms with van der Waals surface area (Å²) in [5, 5.41) is 18.6. The molecule has 2 rings (SSSR count). The summed E-state index contributed by atoms with van der Waals surface area (Å²) in [5.74, 6) is -2.01. The highest BCUT2D eigenvalue weighted by Crippen LogP contribution is 2.25. The van der Waals surface area contributed by atoms with Gasteiger partial charge in [-0.3, -0.25) is 14.4 Å². The highest BCUT2D eigenvalue weighted by atomic mass is 16.6. The first kappa shape index (κ1) is 24.0. The Balaban J connectivity index is 2.31. The molecule has 168 valence electrons. The van der Waals surface area contributed by atoms with Crippen molar-refractivity contribution in [3.8, 4) is 0 Å². The lowest BCUT2D eigenvalue weighted by Crippen LogP contribution is -2.41. The van der Waals surface area contributed by atoms with Crippen molar-refractivity contribution in [2.75, 3.05) is 6.61 Å². The van der Waals surface area contributed by atoms with Crippen LogP contribution in [0, 0.1) is 13.8 Å². The summed E-state index contributed by atoms with van der Waals surface area (Å²) in [6, 6.07) is 6.09. The van der Waals surface area contributed by atoms with E-state index in [0.717, 1.165) is 23.6 Å². The minimum atomic E-state index is -1.46. The van der Waals surface area contributed by atoms with Crippen LogP contribution in [0.25, 0.3) is 0 Å². The number of benzene rings is 1. The Morgan fingerprint density at radius 2 is 1.61 bits per heavy atom. The highest BCUT2D eigenvalue weighted by Gasteiger charge is 2.37. The van der Waals surface area contributed by atoms with Gasteiger partial charge >= 0.3 is 17.9 Å². The third-order valence-corrected chi connectivity index (χ3v) is 4.20. The minimum absolute atomic E-state index is 0.174. The van der Waals surface area contributed by atoms with Gasteiger partial charge in [-0.05, 0) is 19.4 Å². The largest absolute Gasteiger partial charge is 0.463 e. The molecule has 0 bridgehead atoms. The van der Waals surface area contributed by atoms with Crippen molar-refractivity contribution in [2.45, 2.75) is 59.5 Å². The van der Waals surface area contributed by atoms with Crippen molar-refractivity contribution in [2.24, 2.45) is 0 Å². The van der Waals surface area contributed by atoms with Crippen LogP contribution in [0.15, 0.2) is 24.4 Å². The van der Waals surface area contributed by atoms with E-state index in [9.17, 15) is 19.5 Å². The molecule has 31 heavy (non-hydrogen) atoms. The van der Waals surface area contributed by atoms with Gasteiger partial charge < -0.3 is 19.3 Å². The number of carbonyl (C=O) groups is 3. The van der Waals surface area contributed by atoms with Crippen LogP contribution in [-0.4, -0.2) is 56.8 Å². The molecule has 1 heterocycles. The second kappa shape index (κ2) is 10.7. The fourth-order valence-electron chi connectivity index (χ4n) is 3.17. The lowest BCUT2D eigenvalue weighted by Gasteiger charge is -2.28. The number of hydrogen-bond acceptors (Lipinski definition) is 9. The summed E-state index contributed by atoms with van der Waals surface area (Å²) < 4.78 is 16.8. The molecule has 1 aromatic carbocycles. The van der Waals surface area contributed by atoms with Gasteiger partial charge in [-0.15, -0.1) is 5.10 Å². The maximum absolute atomic E-state index is 11.7. The van der Waals surface area contributed by atoms with Gasteiger partial charge in [0.15, 0.2) is 12.2 Å². The molecule has 10 nitrogen and oxygen atoms in total. The molecule has 1 N–H and O–H groups in total. The summed E-state index contributed by atoms with van der Waals surface area (Å²) in [5.41, 5.74) is 3.39. The zero-order valence-electron chi connectivity index (χ0n) is 18.2. The van der Waals surface area contributed by atoms with Gasteiger partial charge in [0, 0.05) is 20.8 Å². The molecular formula is C21H27N3O7. The van der Waals surface area contributed by atoms with Crippen molar-refractivity contribution in [3.63, 3.8) is 0 Å². The van der Waals surface area contributed by atoms with Crippen molar-refractivity contribution in [3.05, 3.63) is 46.8 Å². The molecule has 0 amide bonds. The van der Waals surface area contributed by atoms with E-state index in [-0.39, 0.29) is 5.69 Å². The average Bonchev–Trinajstić information content (AvgIpc) is 3.09. The topological polar surface area (TPSA) is 130 Å². The monoisotopic (exact) mass is 433 g/mol. The first-order valence-corrected chi connectivity index (χ1v) is 9.68. The van der Waals surface area contributed by atoms with E-state index in [1.54, 1.807) is 10.9 Å². The molecule has 0 aliphatic carbocycles. The summed E-state index contributed by atoms with van der Waals surface area (Å²) in [6.07, 6.45) is -2.52. The number of aliphatic hydroxyl groups is 1. The van der Waals surface area contributed by atoms with Gasteiger partial charge in [-0.2, -0.15) is 0 Å². The molecule has 0 unspecified atom stereocenters.